The second-order valence-electron chi connectivity index (χ2n) is 2.07. The molecule has 0 amide bonds. The van der Waals surface area contributed by atoms with Gasteiger partial charge in [-0.3, -0.25) is 9.20 Å². The van der Waals surface area contributed by atoms with E-state index in [0.29, 0.717) is 4.96 Å². The zero-order chi connectivity index (χ0) is 7.84. The van der Waals surface area contributed by atoms with Crippen molar-refractivity contribution >= 4 is 55.9 Å². The van der Waals surface area contributed by atoms with Gasteiger partial charge in [-0.25, -0.2) is 4.98 Å². The number of anilines is 1. The number of aromatic nitrogens is 2. The molecule has 2 N–H and O–H groups in total. The summed E-state index contributed by atoms with van der Waals surface area (Å²) in [6.07, 6.45) is 3.04. The standard InChI is InChI=1S/C6H5N3OS.2BrH/c7-4-3-8-6-9(5(4)10)1-2-11-6;;/h1-3H,7H2;2*1H. The van der Waals surface area contributed by atoms with Gasteiger partial charge in [-0.1, -0.05) is 0 Å². The highest BCUT2D eigenvalue weighted by molar-refractivity contribution is 8.93. The van der Waals surface area contributed by atoms with Crippen LogP contribution in [0.3, 0.4) is 0 Å². The van der Waals surface area contributed by atoms with E-state index in [9.17, 15) is 4.79 Å². The Balaban J connectivity index is 0.000000720. The van der Waals surface area contributed by atoms with E-state index in [-0.39, 0.29) is 45.2 Å². The van der Waals surface area contributed by atoms with Gasteiger partial charge in [-0.05, 0) is 0 Å². The summed E-state index contributed by atoms with van der Waals surface area (Å²) < 4.78 is 1.43. The van der Waals surface area contributed by atoms with E-state index in [0.717, 1.165) is 0 Å². The average molecular weight is 329 g/mol. The lowest BCUT2D eigenvalue weighted by molar-refractivity contribution is 1.08. The van der Waals surface area contributed by atoms with Gasteiger partial charge in [0.25, 0.3) is 5.56 Å². The minimum atomic E-state index is -0.198. The Bertz CT molecular complexity index is 452. The van der Waals surface area contributed by atoms with E-state index in [1.807, 2.05) is 0 Å². The van der Waals surface area contributed by atoms with Crippen molar-refractivity contribution in [3.05, 3.63) is 28.1 Å². The molecule has 4 nitrogen and oxygen atoms in total. The Morgan fingerprint density at radius 2 is 2.15 bits per heavy atom. The molecule has 2 aromatic heterocycles. The van der Waals surface area contributed by atoms with E-state index in [2.05, 4.69) is 4.98 Å². The predicted molar refractivity (Wildman–Crippen MR) is 64.4 cm³/mol. The molecular formula is C6H7Br2N3OS. The number of rotatable bonds is 0. The Hall–Kier alpha value is -0.400. The molecule has 2 aromatic rings. The van der Waals surface area contributed by atoms with Crippen molar-refractivity contribution in [2.45, 2.75) is 0 Å². The number of thiazole rings is 1. The van der Waals surface area contributed by atoms with Crippen molar-refractivity contribution in [3.8, 4) is 0 Å². The maximum atomic E-state index is 11.2. The second-order valence-corrected chi connectivity index (χ2v) is 2.95. The first-order valence-corrected chi connectivity index (χ1v) is 3.87. The fraction of sp³-hybridized carbons (Fsp3) is 0. The van der Waals surface area contributed by atoms with Crippen LogP contribution in [-0.2, 0) is 0 Å². The van der Waals surface area contributed by atoms with E-state index >= 15 is 0 Å². The fourth-order valence-corrected chi connectivity index (χ4v) is 1.51. The van der Waals surface area contributed by atoms with Gasteiger partial charge < -0.3 is 5.73 Å². The molecule has 0 bridgehead atoms. The Labute approximate surface area is 98.9 Å². The second kappa shape index (κ2) is 4.73. The first kappa shape index (κ1) is 12.6. The van der Waals surface area contributed by atoms with Crippen molar-refractivity contribution in [1.82, 2.24) is 9.38 Å². The van der Waals surface area contributed by atoms with Gasteiger partial charge in [0.15, 0.2) is 4.96 Å². The van der Waals surface area contributed by atoms with Crippen molar-refractivity contribution in [2.75, 3.05) is 5.73 Å². The first-order chi connectivity index (χ1) is 5.29. The maximum Gasteiger partial charge on any atom is 0.281 e. The highest BCUT2D eigenvalue weighted by atomic mass is 79.9. The smallest absolute Gasteiger partial charge is 0.281 e. The number of halogens is 2. The molecule has 0 radical (unpaired) electrons. The average Bonchev–Trinajstić information content (AvgIpc) is 2.45. The van der Waals surface area contributed by atoms with Crippen molar-refractivity contribution in [1.29, 1.82) is 0 Å². The van der Waals surface area contributed by atoms with Crippen LogP contribution in [-0.4, -0.2) is 9.38 Å². The quantitative estimate of drug-likeness (QED) is 0.797. The zero-order valence-corrected chi connectivity index (χ0v) is 10.6. The highest BCUT2D eigenvalue weighted by Gasteiger charge is 1.99. The molecule has 0 aliphatic rings. The van der Waals surface area contributed by atoms with Crippen LogP contribution >= 0.6 is 45.3 Å². The van der Waals surface area contributed by atoms with Gasteiger partial charge in [0, 0.05) is 11.6 Å². The van der Waals surface area contributed by atoms with E-state index < -0.39 is 0 Å². The van der Waals surface area contributed by atoms with Gasteiger partial charge in [0.1, 0.15) is 5.69 Å². The lowest BCUT2D eigenvalue weighted by Crippen LogP contribution is -2.15. The Kier molecular flexibility index (Phi) is 4.58. The molecule has 0 saturated heterocycles. The van der Waals surface area contributed by atoms with Crippen LogP contribution in [0.2, 0.25) is 0 Å². The largest absolute Gasteiger partial charge is 0.393 e. The summed E-state index contributed by atoms with van der Waals surface area (Å²) in [5.74, 6) is 0. The zero-order valence-electron chi connectivity index (χ0n) is 6.34. The third-order valence-electron chi connectivity index (χ3n) is 1.37. The lowest BCUT2D eigenvalue weighted by atomic mass is 10.5. The van der Waals surface area contributed by atoms with Gasteiger partial charge in [-0.2, -0.15) is 0 Å². The topological polar surface area (TPSA) is 60.4 Å². The summed E-state index contributed by atoms with van der Waals surface area (Å²) in [6, 6.07) is 0. The van der Waals surface area contributed by atoms with Crippen LogP contribution in [0.4, 0.5) is 5.69 Å². The number of nitrogens with two attached hydrogens (primary N) is 1. The number of hydrogen-bond donors (Lipinski definition) is 1. The van der Waals surface area contributed by atoms with Gasteiger partial charge >= 0.3 is 0 Å². The molecule has 0 unspecified atom stereocenters. The normalized spacial score (nSPS) is 8.92. The van der Waals surface area contributed by atoms with E-state index in [1.165, 1.54) is 21.9 Å². The summed E-state index contributed by atoms with van der Waals surface area (Å²) in [7, 11) is 0. The number of nitrogens with zero attached hydrogens (tertiary/aromatic N) is 2. The molecule has 0 spiro atoms. The minimum Gasteiger partial charge on any atom is -0.393 e. The summed E-state index contributed by atoms with van der Waals surface area (Å²) in [5.41, 5.74) is 5.34. The molecule has 0 saturated carbocycles. The Morgan fingerprint density at radius 3 is 2.85 bits per heavy atom. The molecule has 72 valence electrons. The number of fused-ring (bicyclic) bond motifs is 1. The third kappa shape index (κ3) is 2.09. The number of hydrogen-bond acceptors (Lipinski definition) is 4. The van der Waals surface area contributed by atoms with Crippen LogP contribution in [0.1, 0.15) is 0 Å². The Morgan fingerprint density at radius 1 is 1.46 bits per heavy atom. The summed E-state index contributed by atoms with van der Waals surface area (Å²) in [4.78, 5) is 15.8. The van der Waals surface area contributed by atoms with Crippen LogP contribution in [0.15, 0.2) is 22.6 Å². The minimum absolute atomic E-state index is 0. The lowest BCUT2D eigenvalue weighted by Gasteiger charge is -1.91. The van der Waals surface area contributed by atoms with Crippen LogP contribution in [0, 0.1) is 0 Å². The molecule has 0 aliphatic carbocycles. The van der Waals surface area contributed by atoms with Gasteiger partial charge in [0.05, 0.1) is 6.20 Å². The van der Waals surface area contributed by atoms with Crippen LogP contribution in [0.25, 0.3) is 4.96 Å². The first-order valence-electron chi connectivity index (χ1n) is 2.99. The molecular weight excluding hydrogens is 322 g/mol. The molecule has 0 atom stereocenters. The maximum absolute atomic E-state index is 11.2. The van der Waals surface area contributed by atoms with Gasteiger partial charge in [0.2, 0.25) is 0 Å². The molecule has 0 aliphatic heterocycles. The molecule has 0 aromatic carbocycles. The van der Waals surface area contributed by atoms with Crippen LogP contribution < -0.4 is 11.3 Å². The highest BCUT2D eigenvalue weighted by Crippen LogP contribution is 2.05. The molecule has 2 heterocycles. The van der Waals surface area contributed by atoms with Crippen molar-refractivity contribution in [3.63, 3.8) is 0 Å². The molecule has 0 fully saturated rings. The van der Waals surface area contributed by atoms with E-state index in [1.54, 1.807) is 11.6 Å². The number of nitrogen functional groups attached to an aromatic ring is 1. The SMILES string of the molecule is Br.Br.Nc1cnc2sccn2c1=O. The summed E-state index contributed by atoms with van der Waals surface area (Å²) >= 11 is 1.41. The molecule has 2 rings (SSSR count). The van der Waals surface area contributed by atoms with E-state index in [4.69, 9.17) is 5.73 Å². The summed E-state index contributed by atoms with van der Waals surface area (Å²) in [5, 5.41) is 1.79. The monoisotopic (exact) mass is 327 g/mol. The summed E-state index contributed by atoms with van der Waals surface area (Å²) in [6.45, 7) is 0. The fourth-order valence-electron chi connectivity index (χ4n) is 0.839. The third-order valence-corrected chi connectivity index (χ3v) is 2.14. The van der Waals surface area contributed by atoms with Crippen molar-refractivity contribution < 1.29 is 0 Å². The van der Waals surface area contributed by atoms with Crippen molar-refractivity contribution in [2.24, 2.45) is 0 Å². The van der Waals surface area contributed by atoms with Gasteiger partial charge in [-0.15, -0.1) is 45.3 Å². The molecule has 13 heavy (non-hydrogen) atoms. The van der Waals surface area contributed by atoms with Crippen LogP contribution in [0.5, 0.6) is 0 Å². The molecule has 7 heteroatoms. The predicted octanol–water partition coefficient (Wildman–Crippen LogP) is 1.49.